The number of aryl methyl sites for hydroxylation is 1. The third kappa shape index (κ3) is 1.98. The number of imidazole rings is 1. The van der Waals surface area contributed by atoms with Crippen LogP contribution >= 0.6 is 0 Å². The van der Waals surface area contributed by atoms with E-state index in [2.05, 4.69) is 20.4 Å². The third-order valence-corrected chi connectivity index (χ3v) is 1.86. The molecule has 2 aromatic heterocycles. The van der Waals surface area contributed by atoms with Crippen molar-refractivity contribution in [1.29, 1.82) is 0 Å². The lowest BCUT2D eigenvalue weighted by Gasteiger charge is -2.01. The summed E-state index contributed by atoms with van der Waals surface area (Å²) in [5, 5.41) is 6.87. The molecule has 0 aliphatic heterocycles. The van der Waals surface area contributed by atoms with Crippen LogP contribution in [0, 0.1) is 0 Å². The van der Waals surface area contributed by atoms with Crippen molar-refractivity contribution in [3.05, 3.63) is 12.4 Å². The molecule has 0 atom stereocenters. The fourth-order valence-electron chi connectivity index (χ4n) is 1.20. The van der Waals surface area contributed by atoms with Gasteiger partial charge in [0.15, 0.2) is 5.82 Å². The second-order valence-electron chi connectivity index (χ2n) is 3.58. The molecular formula is C9H13N5O. The van der Waals surface area contributed by atoms with Crippen molar-refractivity contribution in [2.75, 3.05) is 5.32 Å². The van der Waals surface area contributed by atoms with Crippen LogP contribution in [0.15, 0.2) is 16.9 Å². The molecule has 1 N–H and O–H groups in total. The van der Waals surface area contributed by atoms with Gasteiger partial charge in [0.1, 0.15) is 0 Å². The average molecular weight is 207 g/mol. The predicted octanol–water partition coefficient (Wildman–Crippen LogP) is 1.29. The lowest BCUT2D eigenvalue weighted by Crippen LogP contribution is -2.09. The molecular weight excluding hydrogens is 194 g/mol. The molecule has 0 aliphatic carbocycles. The first-order chi connectivity index (χ1) is 7.16. The van der Waals surface area contributed by atoms with Crippen LogP contribution in [0.5, 0.6) is 0 Å². The molecule has 0 aromatic carbocycles. The number of hydrogen-bond donors (Lipinski definition) is 1. The van der Waals surface area contributed by atoms with E-state index in [1.54, 1.807) is 6.20 Å². The van der Waals surface area contributed by atoms with Crippen molar-refractivity contribution in [1.82, 2.24) is 19.7 Å². The van der Waals surface area contributed by atoms with Gasteiger partial charge in [-0.3, -0.25) is 0 Å². The second kappa shape index (κ2) is 3.72. The second-order valence-corrected chi connectivity index (χ2v) is 3.58. The van der Waals surface area contributed by atoms with Gasteiger partial charge in [-0.05, 0) is 13.8 Å². The van der Waals surface area contributed by atoms with Crippen molar-refractivity contribution in [3.8, 4) is 11.6 Å². The Labute approximate surface area is 87.3 Å². The lowest BCUT2D eigenvalue weighted by molar-refractivity contribution is 0.429. The van der Waals surface area contributed by atoms with Crippen LogP contribution < -0.4 is 5.32 Å². The highest BCUT2D eigenvalue weighted by molar-refractivity contribution is 5.44. The van der Waals surface area contributed by atoms with Crippen molar-refractivity contribution < 1.29 is 4.52 Å². The molecule has 0 saturated carbocycles. The monoisotopic (exact) mass is 207 g/mol. The minimum Gasteiger partial charge on any atom is -0.336 e. The molecule has 0 aliphatic rings. The van der Waals surface area contributed by atoms with E-state index in [0.717, 1.165) is 0 Å². The molecule has 0 radical (unpaired) electrons. The van der Waals surface area contributed by atoms with Crippen molar-refractivity contribution in [3.63, 3.8) is 0 Å². The summed E-state index contributed by atoms with van der Waals surface area (Å²) in [6.07, 6.45) is 3.53. The molecule has 0 amide bonds. The van der Waals surface area contributed by atoms with Gasteiger partial charge in [-0.2, -0.15) is 4.98 Å². The molecule has 0 unspecified atom stereocenters. The Hall–Kier alpha value is -1.85. The molecule has 0 saturated heterocycles. The summed E-state index contributed by atoms with van der Waals surface area (Å²) < 4.78 is 6.87. The van der Waals surface area contributed by atoms with Crippen LogP contribution in [0.2, 0.25) is 0 Å². The van der Waals surface area contributed by atoms with E-state index in [1.807, 2.05) is 31.7 Å². The topological polar surface area (TPSA) is 68.8 Å². The van der Waals surface area contributed by atoms with Crippen LogP contribution in [-0.4, -0.2) is 25.7 Å². The summed E-state index contributed by atoms with van der Waals surface area (Å²) in [5.41, 5.74) is 0. The predicted molar refractivity (Wildman–Crippen MR) is 55.3 cm³/mol. The highest BCUT2D eigenvalue weighted by Gasteiger charge is 2.12. The summed E-state index contributed by atoms with van der Waals surface area (Å²) in [6.45, 7) is 4.01. The molecule has 6 nitrogen and oxygen atoms in total. The van der Waals surface area contributed by atoms with Gasteiger partial charge >= 0.3 is 6.01 Å². The van der Waals surface area contributed by atoms with E-state index in [0.29, 0.717) is 17.7 Å². The molecule has 0 bridgehead atoms. The Bertz CT molecular complexity index is 445. The summed E-state index contributed by atoms with van der Waals surface area (Å²) in [6, 6.07) is 0.683. The number of hydrogen-bond acceptors (Lipinski definition) is 5. The van der Waals surface area contributed by atoms with Gasteiger partial charge in [-0.1, -0.05) is 5.16 Å². The van der Waals surface area contributed by atoms with Crippen molar-refractivity contribution >= 4 is 6.01 Å². The number of aromatic nitrogens is 4. The van der Waals surface area contributed by atoms with Gasteiger partial charge in [0.05, 0.1) is 0 Å². The van der Waals surface area contributed by atoms with Crippen LogP contribution in [0.1, 0.15) is 13.8 Å². The maximum Gasteiger partial charge on any atom is 0.322 e. The summed E-state index contributed by atoms with van der Waals surface area (Å²) in [4.78, 5) is 8.31. The Morgan fingerprint density at radius 3 is 2.87 bits per heavy atom. The maximum absolute atomic E-state index is 5.03. The quantitative estimate of drug-likeness (QED) is 0.821. The third-order valence-electron chi connectivity index (χ3n) is 1.86. The van der Waals surface area contributed by atoms with E-state index in [9.17, 15) is 0 Å². The molecule has 0 fully saturated rings. The summed E-state index contributed by atoms with van der Waals surface area (Å²) >= 11 is 0. The zero-order chi connectivity index (χ0) is 10.8. The van der Waals surface area contributed by atoms with E-state index in [-0.39, 0.29) is 6.04 Å². The molecule has 2 heterocycles. The summed E-state index contributed by atoms with van der Waals surface area (Å²) in [7, 11) is 1.88. The summed E-state index contributed by atoms with van der Waals surface area (Å²) in [5.74, 6) is 1.18. The molecule has 6 heteroatoms. The van der Waals surface area contributed by atoms with Gasteiger partial charge in [-0.15, -0.1) is 0 Å². The first kappa shape index (κ1) is 9.70. The van der Waals surface area contributed by atoms with Gasteiger partial charge < -0.3 is 14.4 Å². The fourth-order valence-corrected chi connectivity index (χ4v) is 1.20. The number of anilines is 1. The standard InChI is InChI=1S/C9H13N5O/c1-6(2)11-9-12-7(13-15-9)8-10-4-5-14(8)3/h4-6H,1-3H3,(H,11,12,13). The number of nitrogens with zero attached hydrogens (tertiary/aromatic N) is 4. The lowest BCUT2D eigenvalue weighted by atomic mass is 10.4. The van der Waals surface area contributed by atoms with Crippen LogP contribution in [0.3, 0.4) is 0 Å². The Morgan fingerprint density at radius 1 is 1.47 bits per heavy atom. The molecule has 0 spiro atoms. The van der Waals surface area contributed by atoms with Crippen LogP contribution in [0.25, 0.3) is 11.6 Å². The van der Waals surface area contributed by atoms with Crippen LogP contribution in [0.4, 0.5) is 6.01 Å². The van der Waals surface area contributed by atoms with E-state index in [1.165, 1.54) is 0 Å². The first-order valence-electron chi connectivity index (χ1n) is 4.75. The average Bonchev–Trinajstić information content (AvgIpc) is 2.72. The minimum atomic E-state index is 0.264. The Balaban J connectivity index is 2.24. The zero-order valence-electron chi connectivity index (χ0n) is 8.93. The molecule has 2 aromatic rings. The maximum atomic E-state index is 5.03. The minimum absolute atomic E-state index is 0.264. The van der Waals surface area contributed by atoms with Gasteiger partial charge in [0.2, 0.25) is 5.82 Å². The Morgan fingerprint density at radius 2 is 2.27 bits per heavy atom. The molecule has 2 rings (SSSR count). The normalized spacial score (nSPS) is 10.9. The van der Waals surface area contributed by atoms with Gasteiger partial charge in [-0.25, -0.2) is 4.98 Å². The fraction of sp³-hybridized carbons (Fsp3) is 0.444. The van der Waals surface area contributed by atoms with Crippen molar-refractivity contribution in [2.45, 2.75) is 19.9 Å². The first-order valence-corrected chi connectivity index (χ1v) is 4.75. The van der Waals surface area contributed by atoms with Crippen molar-refractivity contribution in [2.24, 2.45) is 7.05 Å². The number of rotatable bonds is 3. The largest absolute Gasteiger partial charge is 0.336 e. The van der Waals surface area contributed by atoms with E-state index >= 15 is 0 Å². The Kier molecular flexibility index (Phi) is 2.40. The smallest absolute Gasteiger partial charge is 0.322 e. The van der Waals surface area contributed by atoms with E-state index in [4.69, 9.17) is 4.52 Å². The van der Waals surface area contributed by atoms with Gasteiger partial charge in [0, 0.05) is 25.5 Å². The number of nitrogens with one attached hydrogen (secondary N) is 1. The SMILES string of the molecule is CC(C)Nc1nc(-c2nccn2C)no1. The van der Waals surface area contributed by atoms with E-state index < -0.39 is 0 Å². The van der Waals surface area contributed by atoms with Gasteiger partial charge in [0.25, 0.3) is 0 Å². The molecule has 15 heavy (non-hydrogen) atoms. The highest BCUT2D eigenvalue weighted by Crippen LogP contribution is 2.14. The highest BCUT2D eigenvalue weighted by atomic mass is 16.5. The van der Waals surface area contributed by atoms with Crippen LogP contribution in [-0.2, 0) is 7.05 Å². The molecule has 80 valence electrons. The zero-order valence-corrected chi connectivity index (χ0v) is 8.93.